The Morgan fingerprint density at radius 1 is 1.04 bits per heavy atom. The number of hydrogen-bond donors (Lipinski definition) is 0. The first-order valence-corrected chi connectivity index (χ1v) is 12.4. The Hall–Kier alpha value is -0.0900. The fourth-order valence-electron chi connectivity index (χ4n) is 1.81. The van der Waals surface area contributed by atoms with Crippen molar-refractivity contribution in [3.63, 3.8) is 0 Å². The van der Waals surface area contributed by atoms with Gasteiger partial charge in [-0.25, -0.2) is 0 Å². The van der Waals surface area contributed by atoms with Gasteiger partial charge in [0.1, 0.15) is 5.75 Å². The maximum Gasteiger partial charge on any atom is 0.338 e. The molecule has 0 heterocycles. The molecule has 7 heteroatoms. The molecule has 2 aromatic carbocycles. The minimum Gasteiger partial charge on any atom is -0.434 e. The van der Waals surface area contributed by atoms with Crippen LogP contribution in [0.5, 0.6) is 5.75 Å². The molecule has 0 saturated heterocycles. The van der Waals surface area contributed by atoms with E-state index in [0.29, 0.717) is 17.4 Å². The van der Waals surface area contributed by atoms with E-state index in [1.54, 1.807) is 22.9 Å². The molecule has 1 unspecified atom stereocenters. The number of para-hydroxylation sites is 1. The molecule has 2 aromatic rings. The number of hydrogen-bond acceptors (Lipinski definition) is 4. The maximum absolute atomic E-state index is 6.17. The lowest BCUT2D eigenvalue weighted by atomic mass is 10.2. The molecule has 25 heavy (non-hydrogen) atoms. The van der Waals surface area contributed by atoms with Gasteiger partial charge in [0.15, 0.2) is 0 Å². The first kappa shape index (κ1) is 21.2. The second kappa shape index (κ2) is 10.3. The van der Waals surface area contributed by atoms with Gasteiger partial charge in [0.05, 0.1) is 11.6 Å². The van der Waals surface area contributed by atoms with Crippen LogP contribution in [-0.4, -0.2) is 11.4 Å². The van der Waals surface area contributed by atoms with E-state index in [1.807, 2.05) is 29.0 Å². The summed E-state index contributed by atoms with van der Waals surface area (Å²) in [5.41, 5.74) is 1.25. The van der Waals surface area contributed by atoms with Gasteiger partial charge < -0.3 is 9.05 Å². The maximum atomic E-state index is 6.17. The van der Waals surface area contributed by atoms with Crippen LogP contribution in [0.25, 0.3) is 0 Å². The van der Waals surface area contributed by atoms with Crippen LogP contribution in [0.15, 0.2) is 53.4 Å². The van der Waals surface area contributed by atoms with Crippen LogP contribution in [0.1, 0.15) is 26.3 Å². The van der Waals surface area contributed by atoms with Crippen LogP contribution in [-0.2, 0) is 10.9 Å². The van der Waals surface area contributed by atoms with Crippen molar-refractivity contribution in [3.8, 4) is 5.75 Å². The lowest BCUT2D eigenvalue weighted by Crippen LogP contribution is -2.04. The molecule has 0 bridgehead atoms. The van der Waals surface area contributed by atoms with Gasteiger partial charge in [-0.05, 0) is 41.4 Å². The summed E-state index contributed by atoms with van der Waals surface area (Å²) in [6, 6.07) is 15.6. The lowest BCUT2D eigenvalue weighted by Gasteiger charge is -2.18. The highest BCUT2D eigenvalue weighted by Crippen LogP contribution is 2.46. The van der Waals surface area contributed by atoms with Crippen LogP contribution in [0.4, 0.5) is 0 Å². The molecule has 0 spiro atoms. The summed E-state index contributed by atoms with van der Waals surface area (Å²) in [5, 5.41) is 0.528. The van der Waals surface area contributed by atoms with Gasteiger partial charge in [-0.1, -0.05) is 84.3 Å². The van der Waals surface area contributed by atoms with Crippen LogP contribution in [0, 0.1) is 0 Å². The Morgan fingerprint density at radius 2 is 1.72 bits per heavy atom. The van der Waals surface area contributed by atoms with E-state index >= 15 is 0 Å². The van der Waals surface area contributed by atoms with Gasteiger partial charge in [0.25, 0.3) is 0 Å². The third-order valence-corrected chi connectivity index (χ3v) is 7.91. The Morgan fingerprint density at radius 3 is 2.44 bits per heavy atom. The molecule has 0 fully saturated rings. The van der Waals surface area contributed by atoms with E-state index < -0.39 is 7.73 Å². The van der Waals surface area contributed by atoms with Gasteiger partial charge >= 0.3 is 7.73 Å². The highest BCUT2D eigenvalue weighted by Gasteiger charge is 2.14. The van der Waals surface area contributed by atoms with Gasteiger partial charge in [-0.2, -0.15) is 0 Å². The summed E-state index contributed by atoms with van der Waals surface area (Å²) in [7, 11) is 2.13. The quantitative estimate of drug-likeness (QED) is 0.309. The number of halogens is 2. The van der Waals surface area contributed by atoms with Crippen molar-refractivity contribution < 1.29 is 9.05 Å². The predicted octanol–water partition coefficient (Wildman–Crippen LogP) is 7.98. The van der Waals surface area contributed by atoms with Crippen molar-refractivity contribution in [2.24, 2.45) is 0 Å². The molecule has 0 aliphatic heterocycles. The second-order valence-corrected chi connectivity index (χ2v) is 11.3. The van der Waals surface area contributed by atoms with Crippen LogP contribution in [0.3, 0.4) is 0 Å². The zero-order chi connectivity index (χ0) is 18.3. The summed E-state index contributed by atoms with van der Waals surface area (Å²) in [6.45, 7) is 7.13. The Labute approximate surface area is 169 Å². The third-order valence-electron chi connectivity index (χ3n) is 2.93. The monoisotopic (exact) mass is 434 g/mol. The van der Waals surface area contributed by atoms with Crippen molar-refractivity contribution in [2.75, 3.05) is 6.61 Å². The van der Waals surface area contributed by atoms with E-state index in [2.05, 4.69) is 39.0 Å². The summed E-state index contributed by atoms with van der Waals surface area (Å²) in [5.74, 6) is 0.544. The van der Waals surface area contributed by atoms with Gasteiger partial charge in [0, 0.05) is 9.64 Å². The van der Waals surface area contributed by atoms with Crippen molar-refractivity contribution in [2.45, 2.75) is 36.8 Å². The molecule has 136 valence electrons. The summed E-state index contributed by atoms with van der Waals surface area (Å²) in [4.78, 5) is 1.26. The van der Waals surface area contributed by atoms with Gasteiger partial charge in [-0.3, -0.25) is 0 Å². The Kier molecular flexibility index (Phi) is 8.74. The van der Waals surface area contributed by atoms with E-state index in [-0.39, 0.29) is 4.75 Å². The minimum absolute atomic E-state index is 0.210. The van der Waals surface area contributed by atoms with Crippen molar-refractivity contribution in [1.29, 1.82) is 0 Å². The number of rotatable bonds is 8. The molecule has 0 amide bonds. The summed E-state index contributed by atoms with van der Waals surface area (Å²) < 4.78 is 11.4. The van der Waals surface area contributed by atoms with Crippen molar-refractivity contribution in [3.05, 3.63) is 59.1 Å². The lowest BCUT2D eigenvalue weighted by molar-refractivity contribution is 0.328. The highest BCUT2D eigenvalue weighted by atomic mass is 35.7. The van der Waals surface area contributed by atoms with E-state index in [0.717, 1.165) is 6.42 Å². The molecule has 0 aliphatic carbocycles. The Balaban J connectivity index is 1.84. The Bertz CT molecular complexity index is 680. The molecule has 0 radical (unpaired) electrons. The predicted molar refractivity (Wildman–Crippen MR) is 114 cm³/mol. The standard InChI is InChI=1S/C18H21Cl2O2PS2/c1-18(2,3)25-24-17-11-7-4-8-14(17)12-13-21-23(20)22-16-10-6-5-9-15(16)19/h4-11H,12-13H2,1-3H3. The van der Waals surface area contributed by atoms with E-state index in [1.165, 1.54) is 10.5 Å². The molecule has 0 aromatic heterocycles. The average molecular weight is 435 g/mol. The topological polar surface area (TPSA) is 18.5 Å². The molecule has 1 atom stereocenters. The van der Waals surface area contributed by atoms with Crippen molar-refractivity contribution >= 4 is 52.2 Å². The minimum atomic E-state index is -1.53. The summed E-state index contributed by atoms with van der Waals surface area (Å²) >= 11 is 12.2. The fourth-order valence-corrected chi connectivity index (χ4v) is 5.33. The molecular formula is C18H21Cl2O2PS2. The SMILES string of the molecule is CC(C)(C)SSc1ccccc1CCOP(Cl)Oc1ccccc1Cl. The molecule has 2 rings (SSSR count). The van der Waals surface area contributed by atoms with Crippen molar-refractivity contribution in [1.82, 2.24) is 0 Å². The number of benzene rings is 2. The third kappa shape index (κ3) is 7.99. The first-order valence-electron chi connectivity index (χ1n) is 7.80. The normalized spacial score (nSPS) is 12.8. The van der Waals surface area contributed by atoms with E-state index in [9.17, 15) is 0 Å². The van der Waals surface area contributed by atoms with Gasteiger partial charge in [-0.15, -0.1) is 0 Å². The largest absolute Gasteiger partial charge is 0.434 e. The van der Waals surface area contributed by atoms with Crippen LogP contribution < -0.4 is 4.52 Å². The molecule has 0 saturated carbocycles. The highest BCUT2D eigenvalue weighted by molar-refractivity contribution is 8.77. The molecular weight excluding hydrogens is 414 g/mol. The molecule has 0 N–H and O–H groups in total. The van der Waals surface area contributed by atoms with Gasteiger partial charge in [0.2, 0.25) is 0 Å². The second-order valence-electron chi connectivity index (χ2n) is 6.20. The average Bonchev–Trinajstić information content (AvgIpc) is 2.55. The van der Waals surface area contributed by atoms with E-state index in [4.69, 9.17) is 31.9 Å². The zero-order valence-corrected chi connectivity index (χ0v) is 18.4. The smallest absolute Gasteiger partial charge is 0.338 e. The van der Waals surface area contributed by atoms with Crippen LogP contribution in [0.2, 0.25) is 5.02 Å². The molecule has 0 aliphatic rings. The first-order chi connectivity index (χ1) is 11.8. The fraction of sp³-hybridized carbons (Fsp3) is 0.333. The molecule has 2 nitrogen and oxygen atoms in total. The van der Waals surface area contributed by atoms with Crippen LogP contribution >= 0.6 is 52.2 Å². The summed E-state index contributed by atoms with van der Waals surface area (Å²) in [6.07, 6.45) is 0.783. The zero-order valence-electron chi connectivity index (χ0n) is 14.4.